The molecule has 17 nitrogen and oxygen atoms in total. The molecule has 54 heavy (non-hydrogen) atoms. The summed E-state index contributed by atoms with van der Waals surface area (Å²) in [6.45, 7) is 3.74. The Morgan fingerprint density at radius 2 is 1.24 bits per heavy atom. The van der Waals surface area contributed by atoms with Gasteiger partial charge in [-0.25, -0.2) is 0 Å². The molecule has 0 aromatic rings. The van der Waals surface area contributed by atoms with Crippen molar-refractivity contribution in [1.82, 2.24) is 10.6 Å². The predicted octanol–water partition coefficient (Wildman–Crippen LogP) is -0.142. The standard InChI is InChI=1S/C37H68N2O15/c1-5-6-7-8-9-10-11-12-13-14-15-16-17-18-25(42)39-27-30(45)29(44)23(19-40)53-36(27)54-33-24(52-35(48)26(31(33)46)38-22(3)41)20-50-37-34(49-4)32(47)28(43)21(2)51-37/h21,23-24,26-37,40,43-48H,5-20H2,1-4H3,(H,38,41)(H,39,42)/t21-,23+,24+,26+,27+,28+,29+,30+,31+,32+,33+,34-,35?,36-,37+/m0/s1. The number of rotatable bonds is 23. The molecule has 0 aromatic carbocycles. The van der Waals surface area contributed by atoms with Gasteiger partial charge in [0.05, 0.1) is 19.3 Å². The SMILES string of the molecule is CCCCCCCCCCCCCCCC(=O)N[C@H]1[C@H](O[C@H]2[C@H](O)[C@@H](NC(C)=O)C(O)O[C@@H]2CO[C@@H]2O[C@@H](C)[C@@H](O)[C@@H](O)[C@@H]2OC)O[C@H](CO)[C@@H](O)[C@@H]1O. The van der Waals surface area contributed by atoms with Crippen molar-refractivity contribution in [3.8, 4) is 0 Å². The first-order valence-corrected chi connectivity index (χ1v) is 19.9. The molecule has 3 rings (SSSR count). The van der Waals surface area contributed by atoms with Gasteiger partial charge in [0, 0.05) is 20.5 Å². The van der Waals surface area contributed by atoms with Gasteiger partial charge in [0.25, 0.3) is 0 Å². The van der Waals surface area contributed by atoms with Crippen LogP contribution in [-0.4, -0.2) is 160 Å². The van der Waals surface area contributed by atoms with E-state index in [1.54, 1.807) is 0 Å². The van der Waals surface area contributed by atoms with E-state index in [0.717, 1.165) is 25.7 Å². The number of hydrogen-bond acceptors (Lipinski definition) is 15. The smallest absolute Gasteiger partial charge is 0.220 e. The number of carbonyl (C=O) groups excluding carboxylic acids is 2. The highest BCUT2D eigenvalue weighted by molar-refractivity contribution is 5.76. The van der Waals surface area contributed by atoms with E-state index in [-0.39, 0.29) is 6.42 Å². The van der Waals surface area contributed by atoms with Crippen LogP contribution in [0.4, 0.5) is 0 Å². The van der Waals surface area contributed by atoms with Crippen LogP contribution in [0.5, 0.6) is 0 Å². The van der Waals surface area contributed by atoms with Crippen LogP contribution in [0, 0.1) is 0 Å². The van der Waals surface area contributed by atoms with Crippen molar-refractivity contribution >= 4 is 11.8 Å². The summed E-state index contributed by atoms with van der Waals surface area (Å²) in [5, 5.41) is 79.7. The zero-order valence-electron chi connectivity index (χ0n) is 32.4. The fraction of sp³-hybridized carbons (Fsp3) is 0.946. The molecule has 0 bridgehead atoms. The fourth-order valence-corrected chi connectivity index (χ4v) is 7.27. The Hall–Kier alpha value is -1.58. The minimum atomic E-state index is -1.74. The molecule has 316 valence electrons. The van der Waals surface area contributed by atoms with Crippen LogP contribution in [0.2, 0.25) is 0 Å². The van der Waals surface area contributed by atoms with Gasteiger partial charge in [0.15, 0.2) is 18.9 Å². The lowest BCUT2D eigenvalue weighted by molar-refractivity contribution is -0.341. The lowest BCUT2D eigenvalue weighted by atomic mass is 9.94. The Morgan fingerprint density at radius 3 is 1.80 bits per heavy atom. The molecule has 15 atom stereocenters. The van der Waals surface area contributed by atoms with Crippen LogP contribution in [0.3, 0.4) is 0 Å². The molecule has 2 amide bonds. The predicted molar refractivity (Wildman–Crippen MR) is 192 cm³/mol. The van der Waals surface area contributed by atoms with Crippen LogP contribution in [0.25, 0.3) is 0 Å². The Balaban J connectivity index is 1.63. The fourth-order valence-electron chi connectivity index (χ4n) is 7.27. The van der Waals surface area contributed by atoms with E-state index >= 15 is 0 Å². The maximum absolute atomic E-state index is 13.1. The molecule has 17 heteroatoms. The summed E-state index contributed by atoms with van der Waals surface area (Å²) in [6.07, 6.45) is -3.17. The number of hydrogen-bond donors (Lipinski definition) is 9. The van der Waals surface area contributed by atoms with E-state index in [9.17, 15) is 45.3 Å². The highest BCUT2D eigenvalue weighted by Crippen LogP contribution is 2.31. The number of aliphatic hydroxyl groups excluding tert-OH is 7. The zero-order valence-corrected chi connectivity index (χ0v) is 32.4. The van der Waals surface area contributed by atoms with Gasteiger partial charge >= 0.3 is 0 Å². The lowest BCUT2D eigenvalue weighted by Crippen LogP contribution is -2.69. The van der Waals surface area contributed by atoms with Crippen LogP contribution in [0.1, 0.15) is 111 Å². The third-order valence-corrected chi connectivity index (χ3v) is 10.6. The number of methoxy groups -OCH3 is 1. The number of carbonyl (C=O) groups is 2. The van der Waals surface area contributed by atoms with Gasteiger partial charge < -0.3 is 74.8 Å². The molecule has 3 aliphatic heterocycles. The molecule has 3 aliphatic rings. The maximum Gasteiger partial charge on any atom is 0.220 e. The molecule has 3 fully saturated rings. The van der Waals surface area contributed by atoms with E-state index in [1.807, 2.05) is 0 Å². The van der Waals surface area contributed by atoms with E-state index in [1.165, 1.54) is 72.3 Å². The van der Waals surface area contributed by atoms with E-state index in [4.69, 9.17) is 28.4 Å². The lowest BCUT2D eigenvalue weighted by Gasteiger charge is -2.48. The number of amides is 2. The van der Waals surface area contributed by atoms with Crippen molar-refractivity contribution in [3.05, 3.63) is 0 Å². The van der Waals surface area contributed by atoms with Crippen molar-refractivity contribution in [2.45, 2.75) is 203 Å². The summed E-state index contributed by atoms with van der Waals surface area (Å²) in [4.78, 5) is 25.1. The molecule has 0 spiro atoms. The first-order valence-electron chi connectivity index (χ1n) is 19.9. The highest BCUT2D eigenvalue weighted by atomic mass is 16.7. The summed E-state index contributed by atoms with van der Waals surface area (Å²) in [6, 6.07) is -2.76. The third kappa shape index (κ3) is 13.8. The van der Waals surface area contributed by atoms with Crippen molar-refractivity contribution in [3.63, 3.8) is 0 Å². The minimum absolute atomic E-state index is 0.136. The largest absolute Gasteiger partial charge is 0.394 e. The van der Waals surface area contributed by atoms with Gasteiger partial charge in [-0.3, -0.25) is 9.59 Å². The molecule has 9 N–H and O–H groups in total. The minimum Gasteiger partial charge on any atom is -0.394 e. The molecule has 3 saturated heterocycles. The van der Waals surface area contributed by atoms with E-state index in [0.29, 0.717) is 6.42 Å². The monoisotopic (exact) mass is 780 g/mol. The second-order valence-corrected chi connectivity index (χ2v) is 14.9. The Bertz CT molecular complexity index is 1080. The molecular weight excluding hydrogens is 712 g/mol. The Kier molecular flexibility index (Phi) is 21.0. The van der Waals surface area contributed by atoms with Gasteiger partial charge in [-0.15, -0.1) is 0 Å². The average Bonchev–Trinajstić information content (AvgIpc) is 3.14. The van der Waals surface area contributed by atoms with Gasteiger partial charge in [-0.1, -0.05) is 84.0 Å². The summed E-state index contributed by atoms with van der Waals surface area (Å²) < 4.78 is 34.5. The van der Waals surface area contributed by atoms with Crippen molar-refractivity contribution in [2.24, 2.45) is 0 Å². The summed E-state index contributed by atoms with van der Waals surface area (Å²) >= 11 is 0. The van der Waals surface area contributed by atoms with Gasteiger partial charge in [0.1, 0.15) is 67.0 Å². The third-order valence-electron chi connectivity index (χ3n) is 10.6. The Morgan fingerprint density at radius 1 is 0.648 bits per heavy atom. The number of unbranched alkanes of at least 4 members (excludes halogenated alkanes) is 12. The maximum atomic E-state index is 13.1. The van der Waals surface area contributed by atoms with Crippen molar-refractivity contribution in [2.75, 3.05) is 20.3 Å². The van der Waals surface area contributed by atoms with Crippen LogP contribution >= 0.6 is 0 Å². The van der Waals surface area contributed by atoms with Gasteiger partial charge in [0.2, 0.25) is 11.8 Å². The molecule has 0 saturated carbocycles. The highest BCUT2D eigenvalue weighted by Gasteiger charge is 2.52. The number of nitrogens with one attached hydrogen (secondary N) is 2. The summed E-state index contributed by atoms with van der Waals surface area (Å²) in [7, 11) is 1.29. The topological polar surface area (TPSA) is 255 Å². The number of aliphatic hydroxyl groups is 7. The van der Waals surface area contributed by atoms with Crippen LogP contribution in [-0.2, 0) is 38.0 Å². The zero-order chi connectivity index (χ0) is 39.8. The molecule has 0 radical (unpaired) electrons. The second-order valence-electron chi connectivity index (χ2n) is 14.9. The first kappa shape index (κ1) is 46.8. The van der Waals surface area contributed by atoms with Crippen molar-refractivity contribution < 1.29 is 73.8 Å². The first-order chi connectivity index (χ1) is 25.8. The summed E-state index contributed by atoms with van der Waals surface area (Å²) in [5.41, 5.74) is 0. The molecule has 1 unspecified atom stereocenters. The van der Waals surface area contributed by atoms with Gasteiger partial charge in [-0.05, 0) is 13.3 Å². The van der Waals surface area contributed by atoms with E-state index in [2.05, 4.69) is 17.6 Å². The molecule has 0 aliphatic carbocycles. The number of ether oxygens (including phenoxy) is 6. The quantitative estimate of drug-likeness (QED) is 0.0612. The van der Waals surface area contributed by atoms with Crippen LogP contribution in [0.15, 0.2) is 0 Å². The Labute approximate surface area is 319 Å². The molecule has 3 heterocycles. The van der Waals surface area contributed by atoms with Gasteiger partial charge in [-0.2, -0.15) is 0 Å². The van der Waals surface area contributed by atoms with E-state index < -0.39 is 117 Å². The molecular formula is C37H68N2O15. The van der Waals surface area contributed by atoms with Crippen LogP contribution < -0.4 is 10.6 Å². The normalized spacial score (nSPS) is 37.2. The average molecular weight is 781 g/mol. The van der Waals surface area contributed by atoms with Crippen molar-refractivity contribution in [1.29, 1.82) is 0 Å². The molecule has 0 aromatic heterocycles. The summed E-state index contributed by atoms with van der Waals surface area (Å²) in [5.74, 6) is -1.03. The second kappa shape index (κ2) is 24.2.